The van der Waals surface area contributed by atoms with Crippen LogP contribution in [-0.4, -0.2) is 30.9 Å². The van der Waals surface area contributed by atoms with Crippen LogP contribution in [0.25, 0.3) is 0 Å². The number of nitrogens with one attached hydrogen (secondary N) is 1. The van der Waals surface area contributed by atoms with Crippen molar-refractivity contribution >= 4 is 11.5 Å². The molecule has 0 radical (unpaired) electrons. The molecule has 0 heterocycles. The molecule has 3 rings (SSSR count). The molecule has 0 atom stereocenters. The van der Waals surface area contributed by atoms with Crippen molar-refractivity contribution in [1.82, 2.24) is 4.90 Å². The van der Waals surface area contributed by atoms with Crippen molar-refractivity contribution in [3.8, 4) is 5.75 Å². The van der Waals surface area contributed by atoms with Crippen LogP contribution in [0.3, 0.4) is 0 Å². The summed E-state index contributed by atoms with van der Waals surface area (Å²) in [6.45, 7) is 4.12. The van der Waals surface area contributed by atoms with Gasteiger partial charge in [0.25, 0.3) is 0 Å². The number of nitrogens with zero attached hydrogens (tertiary/aromatic N) is 1. The quantitative estimate of drug-likeness (QED) is 0.741. The predicted molar refractivity (Wildman–Crippen MR) is 110 cm³/mol. The zero-order valence-electron chi connectivity index (χ0n) is 16.2. The number of ketones is 1. The largest absolute Gasteiger partial charge is 0.494 e. The summed E-state index contributed by atoms with van der Waals surface area (Å²) in [5, 5.41) is 3.48. The van der Waals surface area contributed by atoms with E-state index in [1.54, 1.807) is 0 Å². The molecule has 27 heavy (non-hydrogen) atoms. The van der Waals surface area contributed by atoms with Gasteiger partial charge in [-0.25, -0.2) is 0 Å². The van der Waals surface area contributed by atoms with E-state index in [2.05, 4.69) is 29.4 Å². The number of carbonyl (C=O) groups excluding carboxylic acids is 1. The Labute approximate surface area is 161 Å². The van der Waals surface area contributed by atoms with Gasteiger partial charge in [0, 0.05) is 36.5 Å². The number of rotatable bonds is 8. The van der Waals surface area contributed by atoms with Gasteiger partial charge in [0.05, 0.1) is 6.61 Å². The van der Waals surface area contributed by atoms with Crippen LogP contribution in [0.5, 0.6) is 5.75 Å². The molecule has 1 aliphatic rings. The van der Waals surface area contributed by atoms with Gasteiger partial charge in [-0.1, -0.05) is 30.3 Å². The molecule has 1 aliphatic carbocycles. The molecule has 2 aromatic rings. The Morgan fingerprint density at radius 2 is 1.74 bits per heavy atom. The lowest BCUT2D eigenvalue weighted by molar-refractivity contribution is -0.116. The number of anilines is 1. The highest BCUT2D eigenvalue weighted by Crippen LogP contribution is 2.26. The molecule has 4 heteroatoms. The van der Waals surface area contributed by atoms with Crippen molar-refractivity contribution in [3.63, 3.8) is 0 Å². The van der Waals surface area contributed by atoms with Crippen LogP contribution in [0, 0.1) is 0 Å². The molecule has 0 aliphatic heterocycles. The summed E-state index contributed by atoms with van der Waals surface area (Å²) in [5.74, 6) is 1.12. The summed E-state index contributed by atoms with van der Waals surface area (Å²) in [5.41, 5.74) is 4.21. The van der Waals surface area contributed by atoms with Gasteiger partial charge < -0.3 is 10.1 Å². The van der Waals surface area contributed by atoms with Gasteiger partial charge in [-0.05, 0) is 56.6 Å². The second-order valence-electron chi connectivity index (χ2n) is 6.97. The Hall–Kier alpha value is -2.59. The van der Waals surface area contributed by atoms with Crippen molar-refractivity contribution in [2.45, 2.75) is 32.7 Å². The Balaban J connectivity index is 1.72. The molecule has 2 aromatic carbocycles. The SMILES string of the molecule is CCOc1ccc(NC2=C(CN(C)Cc3ccccc3)C(=O)CCC2)cc1. The first kappa shape index (κ1) is 19.2. The normalized spacial score (nSPS) is 14.6. The standard InChI is InChI=1S/C23H28N2O2/c1-3-27-20-14-12-19(13-15-20)24-22-10-7-11-23(26)21(22)17-25(2)16-18-8-5-4-6-9-18/h4-6,8-9,12-15,24H,3,7,10-11,16-17H2,1-2H3. The third-order valence-electron chi connectivity index (χ3n) is 4.72. The molecular weight excluding hydrogens is 336 g/mol. The zero-order chi connectivity index (χ0) is 19.1. The van der Waals surface area contributed by atoms with Crippen LogP contribution in [0.2, 0.25) is 0 Å². The van der Waals surface area contributed by atoms with E-state index in [0.29, 0.717) is 19.6 Å². The maximum atomic E-state index is 12.6. The molecule has 142 valence electrons. The Kier molecular flexibility index (Phi) is 6.66. The van der Waals surface area contributed by atoms with Gasteiger partial charge in [-0.2, -0.15) is 0 Å². The van der Waals surface area contributed by atoms with E-state index in [0.717, 1.165) is 42.1 Å². The molecule has 4 nitrogen and oxygen atoms in total. The fraction of sp³-hybridized carbons (Fsp3) is 0.348. The first-order valence-corrected chi connectivity index (χ1v) is 9.63. The first-order chi connectivity index (χ1) is 13.2. The molecule has 0 amide bonds. The molecule has 0 unspecified atom stereocenters. The molecule has 0 bridgehead atoms. The van der Waals surface area contributed by atoms with E-state index in [4.69, 9.17) is 4.74 Å². The van der Waals surface area contributed by atoms with Crippen LogP contribution >= 0.6 is 0 Å². The fourth-order valence-corrected chi connectivity index (χ4v) is 3.41. The number of carbonyl (C=O) groups is 1. The van der Waals surface area contributed by atoms with Crippen LogP contribution in [-0.2, 0) is 11.3 Å². The Morgan fingerprint density at radius 3 is 2.44 bits per heavy atom. The number of likely N-dealkylation sites (N-methyl/N-ethyl adjacent to an activating group) is 1. The average molecular weight is 364 g/mol. The van der Waals surface area contributed by atoms with E-state index in [9.17, 15) is 4.79 Å². The number of ether oxygens (including phenoxy) is 1. The fourth-order valence-electron chi connectivity index (χ4n) is 3.41. The highest BCUT2D eigenvalue weighted by atomic mass is 16.5. The van der Waals surface area contributed by atoms with E-state index >= 15 is 0 Å². The predicted octanol–water partition coefficient (Wildman–Crippen LogP) is 4.64. The molecule has 0 spiro atoms. The molecule has 0 fully saturated rings. The third kappa shape index (κ3) is 5.44. The van der Waals surface area contributed by atoms with E-state index < -0.39 is 0 Å². The highest BCUT2D eigenvalue weighted by Gasteiger charge is 2.22. The summed E-state index contributed by atoms with van der Waals surface area (Å²) < 4.78 is 5.50. The van der Waals surface area contributed by atoms with Gasteiger partial charge in [0.2, 0.25) is 0 Å². The summed E-state index contributed by atoms with van der Waals surface area (Å²) in [6.07, 6.45) is 2.46. The van der Waals surface area contributed by atoms with Gasteiger partial charge >= 0.3 is 0 Å². The average Bonchev–Trinajstić information content (AvgIpc) is 2.67. The van der Waals surface area contributed by atoms with E-state index in [1.807, 2.05) is 49.4 Å². The van der Waals surface area contributed by atoms with Crippen LogP contribution in [0.15, 0.2) is 65.9 Å². The van der Waals surface area contributed by atoms with Crippen molar-refractivity contribution in [2.24, 2.45) is 0 Å². The topological polar surface area (TPSA) is 41.6 Å². The Morgan fingerprint density at radius 1 is 1.00 bits per heavy atom. The molecule has 0 saturated carbocycles. The zero-order valence-corrected chi connectivity index (χ0v) is 16.2. The van der Waals surface area contributed by atoms with Crippen molar-refractivity contribution < 1.29 is 9.53 Å². The second kappa shape index (κ2) is 9.38. The number of benzene rings is 2. The molecule has 1 N–H and O–H groups in total. The molecule has 0 aromatic heterocycles. The van der Waals surface area contributed by atoms with Gasteiger partial charge in [-0.15, -0.1) is 0 Å². The molecule has 0 saturated heterocycles. The highest BCUT2D eigenvalue weighted by molar-refractivity contribution is 5.97. The van der Waals surface area contributed by atoms with Gasteiger partial charge in [-0.3, -0.25) is 9.69 Å². The van der Waals surface area contributed by atoms with Crippen LogP contribution in [0.1, 0.15) is 31.7 Å². The molecular formula is C23H28N2O2. The summed E-state index contributed by atoms with van der Waals surface area (Å²) in [7, 11) is 2.07. The lowest BCUT2D eigenvalue weighted by Gasteiger charge is -2.25. The lowest BCUT2D eigenvalue weighted by Crippen LogP contribution is -2.28. The summed E-state index contributed by atoms with van der Waals surface area (Å²) >= 11 is 0. The smallest absolute Gasteiger partial charge is 0.161 e. The summed E-state index contributed by atoms with van der Waals surface area (Å²) in [4.78, 5) is 14.8. The maximum Gasteiger partial charge on any atom is 0.161 e. The minimum absolute atomic E-state index is 0.259. The number of allylic oxidation sites excluding steroid dienone is 1. The monoisotopic (exact) mass is 364 g/mol. The van der Waals surface area contributed by atoms with Crippen LogP contribution in [0.4, 0.5) is 5.69 Å². The van der Waals surface area contributed by atoms with Crippen LogP contribution < -0.4 is 10.1 Å². The van der Waals surface area contributed by atoms with E-state index in [1.165, 1.54) is 5.56 Å². The number of hydrogen-bond acceptors (Lipinski definition) is 4. The minimum atomic E-state index is 0.259. The van der Waals surface area contributed by atoms with E-state index in [-0.39, 0.29) is 5.78 Å². The van der Waals surface area contributed by atoms with Crippen molar-refractivity contribution in [3.05, 3.63) is 71.4 Å². The van der Waals surface area contributed by atoms with Crippen molar-refractivity contribution in [1.29, 1.82) is 0 Å². The third-order valence-corrected chi connectivity index (χ3v) is 4.72. The summed E-state index contributed by atoms with van der Waals surface area (Å²) in [6, 6.07) is 18.3. The minimum Gasteiger partial charge on any atom is -0.494 e. The lowest BCUT2D eigenvalue weighted by atomic mass is 9.94. The van der Waals surface area contributed by atoms with Gasteiger partial charge in [0.1, 0.15) is 5.75 Å². The Bertz CT molecular complexity index is 782. The second-order valence-corrected chi connectivity index (χ2v) is 6.97. The van der Waals surface area contributed by atoms with Crippen molar-refractivity contribution in [2.75, 3.05) is 25.5 Å². The first-order valence-electron chi connectivity index (χ1n) is 9.63. The number of hydrogen-bond donors (Lipinski definition) is 1. The maximum absolute atomic E-state index is 12.6. The van der Waals surface area contributed by atoms with Gasteiger partial charge in [0.15, 0.2) is 5.78 Å². The number of Topliss-reactive ketones (excluding diaryl/α,β-unsaturated/α-hetero) is 1.